The molecule has 0 fully saturated rings. The lowest BCUT2D eigenvalue weighted by Crippen LogP contribution is -2.46. The van der Waals surface area contributed by atoms with Gasteiger partial charge >= 0.3 is 11.9 Å². The van der Waals surface area contributed by atoms with Gasteiger partial charge in [0.25, 0.3) is 11.8 Å². The van der Waals surface area contributed by atoms with E-state index in [9.17, 15) is 28.8 Å². The first-order chi connectivity index (χ1) is 15.2. The van der Waals surface area contributed by atoms with Gasteiger partial charge in [0.15, 0.2) is 5.78 Å². The molecule has 1 aliphatic heterocycles. The Labute approximate surface area is 186 Å². The second-order valence-electron chi connectivity index (χ2n) is 6.97. The molecular formula is C21H30N2O9. The molecule has 0 saturated heterocycles. The average molecular weight is 454 g/mol. The number of Topliss-reactive ketones (excluding diaryl/α,β-unsaturated/α-hetero) is 1. The van der Waals surface area contributed by atoms with Crippen molar-refractivity contribution in [2.45, 2.75) is 58.6 Å². The molecule has 0 radical (unpaired) electrons. The van der Waals surface area contributed by atoms with Gasteiger partial charge in [0.05, 0.1) is 12.6 Å². The molecule has 0 aliphatic carbocycles. The van der Waals surface area contributed by atoms with Crippen molar-refractivity contribution in [3.63, 3.8) is 0 Å². The summed E-state index contributed by atoms with van der Waals surface area (Å²) in [6, 6.07) is -0.981. The highest BCUT2D eigenvalue weighted by Gasteiger charge is 2.32. The fourth-order valence-electron chi connectivity index (χ4n) is 2.56. The largest absolute Gasteiger partial charge is 0.463 e. The third-order valence-electron chi connectivity index (χ3n) is 4.50. The summed E-state index contributed by atoms with van der Waals surface area (Å²) in [5.74, 6) is -2.84. The molecule has 1 heterocycles. The highest BCUT2D eigenvalue weighted by Crippen LogP contribution is 2.09. The highest BCUT2D eigenvalue weighted by atomic mass is 16.6. The molecule has 178 valence electrons. The number of amides is 3. The number of ketones is 1. The highest BCUT2D eigenvalue weighted by molar-refractivity contribution is 6.15. The minimum atomic E-state index is -0.981. The predicted octanol–water partition coefficient (Wildman–Crippen LogP) is 0.0570. The lowest BCUT2D eigenvalue weighted by Gasteiger charge is -2.21. The van der Waals surface area contributed by atoms with Crippen LogP contribution < -0.4 is 5.32 Å². The van der Waals surface area contributed by atoms with Crippen molar-refractivity contribution in [3.8, 4) is 0 Å². The molecular weight excluding hydrogens is 424 g/mol. The maximum Gasteiger partial charge on any atom is 0.305 e. The molecule has 1 rings (SSSR count). The summed E-state index contributed by atoms with van der Waals surface area (Å²) in [5, 5.41) is 2.45. The van der Waals surface area contributed by atoms with Crippen molar-refractivity contribution < 1.29 is 43.0 Å². The first-order valence-corrected chi connectivity index (χ1v) is 10.5. The van der Waals surface area contributed by atoms with Crippen LogP contribution in [0.25, 0.3) is 0 Å². The monoisotopic (exact) mass is 454 g/mol. The van der Waals surface area contributed by atoms with Crippen molar-refractivity contribution in [2.75, 3.05) is 26.4 Å². The van der Waals surface area contributed by atoms with Gasteiger partial charge < -0.3 is 19.5 Å². The van der Waals surface area contributed by atoms with Gasteiger partial charge in [-0.15, -0.1) is 0 Å². The molecule has 1 aliphatic rings. The smallest absolute Gasteiger partial charge is 0.305 e. The molecule has 0 aromatic rings. The second-order valence-corrected chi connectivity index (χ2v) is 6.97. The van der Waals surface area contributed by atoms with Crippen molar-refractivity contribution in [1.29, 1.82) is 0 Å². The normalized spacial score (nSPS) is 13.9. The van der Waals surface area contributed by atoms with Gasteiger partial charge in [-0.2, -0.15) is 0 Å². The molecule has 0 bridgehead atoms. The Morgan fingerprint density at radius 1 is 0.969 bits per heavy atom. The van der Waals surface area contributed by atoms with Gasteiger partial charge in [-0.3, -0.25) is 33.7 Å². The lowest BCUT2D eigenvalue weighted by molar-refractivity contribution is -0.155. The third kappa shape index (κ3) is 9.38. The summed E-state index contributed by atoms with van der Waals surface area (Å²) in [7, 11) is 0. The van der Waals surface area contributed by atoms with Crippen LogP contribution in [-0.4, -0.2) is 78.9 Å². The summed E-state index contributed by atoms with van der Waals surface area (Å²) in [4.78, 5) is 70.8. The Morgan fingerprint density at radius 2 is 1.50 bits per heavy atom. The van der Waals surface area contributed by atoms with E-state index < -0.39 is 47.6 Å². The van der Waals surface area contributed by atoms with Crippen LogP contribution in [0.1, 0.15) is 46.5 Å². The van der Waals surface area contributed by atoms with E-state index >= 15 is 0 Å². The first kappa shape index (κ1) is 27.0. The SMILES string of the molecule is CCC(=O)OCC(COC(=O)CC)OCCCC(=O)NCC(=O)C(C)N1C(=O)C=CC1=O. The Bertz CT molecular complexity index is 710. The summed E-state index contributed by atoms with van der Waals surface area (Å²) < 4.78 is 15.6. The van der Waals surface area contributed by atoms with Crippen molar-refractivity contribution in [1.82, 2.24) is 10.2 Å². The standard InChI is InChI=1S/C21H30N2O9/c1-4-20(28)31-12-15(13-32-21(29)5-2)30-10-6-7-17(25)22-11-16(24)14(3)23-18(26)8-9-19(23)27/h8-9,14-15H,4-7,10-13H2,1-3H3,(H,22,25). The van der Waals surface area contributed by atoms with Crippen LogP contribution in [0.5, 0.6) is 0 Å². The summed E-state index contributed by atoms with van der Waals surface area (Å²) in [6.07, 6.45) is 2.29. The topological polar surface area (TPSA) is 145 Å². The van der Waals surface area contributed by atoms with Crippen molar-refractivity contribution >= 4 is 35.4 Å². The van der Waals surface area contributed by atoms with Gasteiger partial charge in [0.2, 0.25) is 5.91 Å². The van der Waals surface area contributed by atoms with E-state index in [1.54, 1.807) is 13.8 Å². The third-order valence-corrected chi connectivity index (χ3v) is 4.50. The number of carbonyl (C=O) groups excluding carboxylic acids is 6. The molecule has 0 saturated carbocycles. The maximum atomic E-state index is 12.2. The number of rotatable bonds is 15. The van der Waals surface area contributed by atoms with E-state index in [1.165, 1.54) is 6.92 Å². The molecule has 3 amide bonds. The van der Waals surface area contributed by atoms with E-state index in [0.717, 1.165) is 17.1 Å². The van der Waals surface area contributed by atoms with Crippen LogP contribution in [0.15, 0.2) is 12.2 Å². The molecule has 0 aromatic carbocycles. The van der Waals surface area contributed by atoms with E-state index in [0.29, 0.717) is 6.42 Å². The number of carbonyl (C=O) groups is 6. The minimum Gasteiger partial charge on any atom is -0.463 e. The van der Waals surface area contributed by atoms with Crippen LogP contribution in [0.3, 0.4) is 0 Å². The molecule has 32 heavy (non-hydrogen) atoms. The number of hydrogen-bond acceptors (Lipinski definition) is 9. The van der Waals surface area contributed by atoms with Crippen LogP contribution in [-0.2, 0) is 43.0 Å². The van der Waals surface area contributed by atoms with Gasteiger partial charge in [0.1, 0.15) is 19.3 Å². The van der Waals surface area contributed by atoms with Gasteiger partial charge in [-0.05, 0) is 13.3 Å². The quantitative estimate of drug-likeness (QED) is 0.206. The Morgan fingerprint density at radius 3 is 2.00 bits per heavy atom. The van der Waals surface area contributed by atoms with E-state index in [-0.39, 0.29) is 45.6 Å². The minimum absolute atomic E-state index is 0.0566. The van der Waals surface area contributed by atoms with E-state index in [4.69, 9.17) is 14.2 Å². The molecule has 11 nitrogen and oxygen atoms in total. The zero-order valence-electron chi connectivity index (χ0n) is 18.6. The number of imide groups is 1. The molecule has 1 N–H and O–H groups in total. The number of nitrogens with one attached hydrogen (secondary N) is 1. The van der Waals surface area contributed by atoms with Crippen molar-refractivity contribution in [2.24, 2.45) is 0 Å². The number of esters is 2. The molecule has 1 atom stereocenters. The van der Waals surface area contributed by atoms with Crippen LogP contribution in [0.2, 0.25) is 0 Å². The van der Waals surface area contributed by atoms with E-state index in [2.05, 4.69) is 5.32 Å². The zero-order chi connectivity index (χ0) is 24.1. The summed E-state index contributed by atoms with van der Waals surface area (Å²) in [6.45, 7) is 4.38. The van der Waals surface area contributed by atoms with Crippen molar-refractivity contribution in [3.05, 3.63) is 12.2 Å². The lowest BCUT2D eigenvalue weighted by atomic mass is 10.2. The zero-order valence-corrected chi connectivity index (χ0v) is 18.6. The maximum absolute atomic E-state index is 12.2. The summed E-state index contributed by atoms with van der Waals surface area (Å²) >= 11 is 0. The number of nitrogens with zero attached hydrogens (tertiary/aromatic N) is 1. The first-order valence-electron chi connectivity index (χ1n) is 10.5. The van der Waals surface area contributed by atoms with Crippen LogP contribution >= 0.6 is 0 Å². The average Bonchev–Trinajstić information content (AvgIpc) is 3.12. The molecule has 0 aromatic heterocycles. The fourth-order valence-corrected chi connectivity index (χ4v) is 2.56. The van der Waals surface area contributed by atoms with Gasteiger partial charge in [-0.1, -0.05) is 13.8 Å². The Balaban J connectivity index is 2.33. The second kappa shape index (κ2) is 14.1. The Kier molecular flexibility index (Phi) is 11.9. The Hall–Kier alpha value is -3.08. The fraction of sp³-hybridized carbons (Fsp3) is 0.619. The number of ether oxygens (including phenoxy) is 3. The summed E-state index contributed by atoms with van der Waals surface area (Å²) in [5.41, 5.74) is 0. The van der Waals surface area contributed by atoms with E-state index in [1.807, 2.05) is 0 Å². The van der Waals surface area contributed by atoms with Crippen LogP contribution in [0, 0.1) is 0 Å². The van der Waals surface area contributed by atoms with Gasteiger partial charge in [0, 0.05) is 38.0 Å². The molecule has 0 spiro atoms. The molecule has 11 heteroatoms. The number of hydrogen-bond donors (Lipinski definition) is 1. The van der Waals surface area contributed by atoms with Crippen LogP contribution in [0.4, 0.5) is 0 Å². The van der Waals surface area contributed by atoms with Gasteiger partial charge in [-0.25, -0.2) is 0 Å². The molecule has 1 unspecified atom stereocenters. The predicted molar refractivity (Wildman–Crippen MR) is 110 cm³/mol.